The minimum Gasteiger partial charge on any atom is -0.465 e. The van der Waals surface area contributed by atoms with Crippen molar-refractivity contribution in [2.75, 3.05) is 31.2 Å². The van der Waals surface area contributed by atoms with Crippen LogP contribution in [0, 0.1) is 18.8 Å². The van der Waals surface area contributed by atoms with Crippen LogP contribution in [0.4, 0.5) is 5.69 Å². The van der Waals surface area contributed by atoms with Crippen molar-refractivity contribution in [1.29, 1.82) is 0 Å². The number of thioether (sulfide) groups is 1. The number of aliphatic hydroxyl groups excluding tert-OH is 1. The van der Waals surface area contributed by atoms with Crippen molar-refractivity contribution in [2.45, 2.75) is 42.2 Å². The minimum atomic E-state index is -0.830. The predicted molar refractivity (Wildman–Crippen MR) is 137 cm³/mol. The lowest BCUT2D eigenvalue weighted by Gasteiger charge is -2.37. The Morgan fingerprint density at radius 3 is 2.80 bits per heavy atom. The molecular formula is C26H31ClN2O5S. The van der Waals surface area contributed by atoms with Crippen molar-refractivity contribution in [3.63, 3.8) is 0 Å². The van der Waals surface area contributed by atoms with Crippen molar-refractivity contribution < 1.29 is 24.2 Å². The second-order valence-electron chi connectivity index (χ2n) is 9.20. The molecule has 9 heteroatoms. The highest BCUT2D eigenvalue weighted by atomic mass is 35.5. The number of carbonyl (C=O) groups is 3. The summed E-state index contributed by atoms with van der Waals surface area (Å²) in [5, 5.41) is 10.1. The van der Waals surface area contributed by atoms with E-state index in [0.29, 0.717) is 23.6 Å². The number of fused-ring (bicyclic) bond motifs is 1. The molecule has 0 saturated carbocycles. The van der Waals surface area contributed by atoms with Crippen LogP contribution in [0.15, 0.2) is 43.5 Å². The molecule has 7 nitrogen and oxygen atoms in total. The van der Waals surface area contributed by atoms with E-state index >= 15 is 0 Å². The maximum Gasteiger partial charge on any atom is 0.310 e. The molecule has 0 aromatic heterocycles. The summed E-state index contributed by atoms with van der Waals surface area (Å²) in [7, 11) is 0. The highest BCUT2D eigenvalue weighted by molar-refractivity contribution is 8.02. The van der Waals surface area contributed by atoms with Crippen molar-refractivity contribution in [2.24, 2.45) is 11.8 Å². The molecule has 4 rings (SSSR count). The number of β-amino-alcohol motifs (C(OH)–C–C–N with tert-alkyl or cyclic N) is 1. The van der Waals surface area contributed by atoms with Gasteiger partial charge in [0.05, 0.1) is 40.5 Å². The number of aliphatic hydroxyl groups is 1. The predicted octanol–water partition coefficient (Wildman–Crippen LogP) is 3.37. The SMILES string of the molecule is C=CCCOC(=O)[C@@H]1[C@@H]2CCC3(S2)C(C(=O)N(CC=C)c2c(C)cccc2Cl)N(CCO)C(=O)[C@H]13. The monoisotopic (exact) mass is 518 g/mol. The van der Waals surface area contributed by atoms with Crippen LogP contribution >= 0.6 is 23.4 Å². The molecule has 3 heterocycles. The van der Waals surface area contributed by atoms with E-state index in [1.165, 1.54) is 4.90 Å². The number of halogens is 1. The van der Waals surface area contributed by atoms with Gasteiger partial charge in [0.15, 0.2) is 0 Å². The number of benzene rings is 1. The van der Waals surface area contributed by atoms with Crippen molar-refractivity contribution in [3.8, 4) is 0 Å². The van der Waals surface area contributed by atoms with Crippen molar-refractivity contribution in [3.05, 3.63) is 54.1 Å². The average molecular weight is 519 g/mol. The fourth-order valence-electron chi connectivity index (χ4n) is 5.92. The third-order valence-electron chi connectivity index (χ3n) is 7.25. The molecule has 0 aliphatic carbocycles. The Morgan fingerprint density at radius 1 is 1.37 bits per heavy atom. The second-order valence-corrected chi connectivity index (χ2v) is 11.2. The van der Waals surface area contributed by atoms with E-state index in [-0.39, 0.29) is 43.4 Å². The third-order valence-corrected chi connectivity index (χ3v) is 9.51. The summed E-state index contributed by atoms with van der Waals surface area (Å²) < 4.78 is 4.72. The highest BCUT2D eigenvalue weighted by Gasteiger charge is 2.74. The maximum absolute atomic E-state index is 14.3. The van der Waals surface area contributed by atoms with Gasteiger partial charge in [-0.15, -0.1) is 24.9 Å². The summed E-state index contributed by atoms with van der Waals surface area (Å²) in [6, 6.07) is 4.59. The number of anilines is 1. The maximum atomic E-state index is 14.3. The largest absolute Gasteiger partial charge is 0.465 e. The summed E-state index contributed by atoms with van der Waals surface area (Å²) in [5.41, 5.74) is 1.40. The molecule has 2 amide bonds. The molecule has 1 spiro atoms. The van der Waals surface area contributed by atoms with Gasteiger partial charge >= 0.3 is 5.97 Å². The van der Waals surface area contributed by atoms with Crippen LogP contribution in [0.5, 0.6) is 0 Å². The van der Waals surface area contributed by atoms with Crippen LogP contribution in [-0.4, -0.2) is 70.1 Å². The molecule has 3 aliphatic rings. The number of aryl methyl sites for hydroxylation is 1. The quantitative estimate of drug-likeness (QED) is 0.290. The molecule has 5 atom stereocenters. The number of amides is 2. The third kappa shape index (κ3) is 4.19. The Balaban J connectivity index is 1.74. The first-order valence-electron chi connectivity index (χ1n) is 11.9. The van der Waals surface area contributed by atoms with Gasteiger partial charge in [-0.1, -0.05) is 35.9 Å². The summed E-state index contributed by atoms with van der Waals surface area (Å²) in [6.07, 6.45) is 5.19. The molecule has 1 aromatic carbocycles. The zero-order valence-corrected chi connectivity index (χ0v) is 21.4. The molecule has 188 valence electrons. The standard InChI is InChI=1S/C26H31ClN2O5S/c1-4-6-15-34-25(33)19-18-10-11-26(35-18)20(19)23(31)29(13-14-30)22(26)24(32)28(12-5-2)21-16(3)8-7-9-17(21)27/h4-5,7-9,18-20,22,30H,1-2,6,10-15H2,3H3/t18-,19+,20-,22?,26?/m0/s1. The van der Waals surface area contributed by atoms with E-state index in [0.717, 1.165) is 12.0 Å². The Hall–Kier alpha value is -2.29. The smallest absolute Gasteiger partial charge is 0.310 e. The van der Waals surface area contributed by atoms with E-state index in [2.05, 4.69) is 13.2 Å². The number of para-hydroxylation sites is 1. The average Bonchev–Trinajstić information content (AvgIpc) is 3.46. The van der Waals surface area contributed by atoms with Gasteiger partial charge < -0.3 is 19.6 Å². The number of nitrogens with zero attached hydrogens (tertiary/aromatic N) is 2. The number of hydrogen-bond acceptors (Lipinski definition) is 6. The van der Waals surface area contributed by atoms with Gasteiger partial charge in [0.1, 0.15) is 6.04 Å². The van der Waals surface area contributed by atoms with Gasteiger partial charge in [0.2, 0.25) is 5.91 Å². The first-order chi connectivity index (χ1) is 16.8. The number of rotatable bonds is 10. The van der Waals surface area contributed by atoms with E-state index in [9.17, 15) is 19.5 Å². The van der Waals surface area contributed by atoms with Crippen LogP contribution in [0.1, 0.15) is 24.8 Å². The fourth-order valence-corrected chi connectivity index (χ4v) is 8.45. The lowest BCUT2D eigenvalue weighted by Crippen LogP contribution is -2.55. The lowest BCUT2D eigenvalue weighted by atomic mass is 9.71. The van der Waals surface area contributed by atoms with E-state index in [4.69, 9.17) is 16.3 Å². The number of carbonyl (C=O) groups excluding carboxylic acids is 3. The van der Waals surface area contributed by atoms with Gasteiger partial charge in [0.25, 0.3) is 5.91 Å². The van der Waals surface area contributed by atoms with Gasteiger partial charge in [-0.05, 0) is 37.8 Å². The molecule has 2 bridgehead atoms. The molecule has 2 unspecified atom stereocenters. The lowest BCUT2D eigenvalue weighted by molar-refractivity contribution is -0.154. The summed E-state index contributed by atoms with van der Waals surface area (Å²) in [5.74, 6) is -2.22. The van der Waals surface area contributed by atoms with Crippen LogP contribution in [0.2, 0.25) is 5.02 Å². The summed E-state index contributed by atoms with van der Waals surface area (Å²) >= 11 is 8.09. The summed E-state index contributed by atoms with van der Waals surface area (Å²) in [6.45, 7) is 9.50. The van der Waals surface area contributed by atoms with E-state index in [1.807, 2.05) is 19.1 Å². The number of ether oxygens (including phenoxy) is 1. The van der Waals surface area contributed by atoms with Crippen molar-refractivity contribution >= 4 is 46.8 Å². The molecular weight excluding hydrogens is 488 g/mol. The van der Waals surface area contributed by atoms with Gasteiger partial charge in [-0.2, -0.15) is 0 Å². The Kier molecular flexibility index (Phi) is 7.64. The molecule has 1 N–H and O–H groups in total. The fraction of sp³-hybridized carbons (Fsp3) is 0.500. The number of hydrogen-bond donors (Lipinski definition) is 1. The zero-order valence-electron chi connectivity index (χ0n) is 19.8. The van der Waals surface area contributed by atoms with E-state index < -0.39 is 28.6 Å². The Labute approximate surface area is 215 Å². The normalized spacial score (nSPS) is 28.7. The van der Waals surface area contributed by atoms with E-state index in [1.54, 1.807) is 34.9 Å². The molecule has 3 saturated heterocycles. The Bertz CT molecular complexity index is 1030. The van der Waals surface area contributed by atoms with Crippen LogP contribution < -0.4 is 4.90 Å². The Morgan fingerprint density at radius 2 is 2.14 bits per heavy atom. The van der Waals surface area contributed by atoms with Crippen LogP contribution in [0.3, 0.4) is 0 Å². The van der Waals surface area contributed by atoms with Gasteiger partial charge in [0, 0.05) is 18.3 Å². The molecule has 3 fully saturated rings. The number of likely N-dealkylation sites (tertiary alicyclic amines) is 1. The van der Waals surface area contributed by atoms with Crippen LogP contribution in [-0.2, 0) is 19.1 Å². The second kappa shape index (κ2) is 10.4. The zero-order chi connectivity index (χ0) is 25.3. The highest BCUT2D eigenvalue weighted by Crippen LogP contribution is 2.66. The van der Waals surface area contributed by atoms with Gasteiger partial charge in [-0.25, -0.2) is 0 Å². The summed E-state index contributed by atoms with van der Waals surface area (Å²) in [4.78, 5) is 44.1. The first-order valence-corrected chi connectivity index (χ1v) is 13.1. The first kappa shape index (κ1) is 25.8. The van der Waals surface area contributed by atoms with Gasteiger partial charge in [-0.3, -0.25) is 14.4 Å². The topological polar surface area (TPSA) is 87.2 Å². The van der Waals surface area contributed by atoms with Crippen LogP contribution in [0.25, 0.3) is 0 Å². The molecule has 3 aliphatic heterocycles. The molecule has 1 aromatic rings. The minimum absolute atomic E-state index is 0.0143. The molecule has 35 heavy (non-hydrogen) atoms. The van der Waals surface area contributed by atoms with Crippen molar-refractivity contribution in [1.82, 2.24) is 4.90 Å². The number of esters is 1. The molecule has 0 radical (unpaired) electrons.